The van der Waals surface area contributed by atoms with Crippen LogP contribution >= 0.6 is 0 Å². The number of primary amides is 1. The average molecular weight is 259 g/mol. The Morgan fingerprint density at radius 3 is 2.59 bits per heavy atom. The van der Waals surface area contributed by atoms with Crippen molar-refractivity contribution >= 4 is 21.8 Å². The summed E-state index contributed by atoms with van der Waals surface area (Å²) in [5.41, 5.74) is 5.15. The Bertz CT molecular complexity index is 501. The average Bonchev–Trinajstić information content (AvgIpc) is 2.17. The van der Waals surface area contributed by atoms with Gasteiger partial charge in [-0.05, 0) is 12.1 Å². The Morgan fingerprint density at radius 1 is 1.35 bits per heavy atom. The second-order valence-corrected chi connectivity index (χ2v) is 4.50. The van der Waals surface area contributed by atoms with Crippen LogP contribution in [0.2, 0.25) is 0 Å². The summed E-state index contributed by atoms with van der Waals surface area (Å²) in [6.07, 6.45) is 0.0453. The largest absolute Gasteiger partial charge is 0.491 e. The first-order chi connectivity index (χ1) is 7.88. The molecule has 17 heavy (non-hydrogen) atoms. The number of anilines is 1. The van der Waals surface area contributed by atoms with Crippen LogP contribution in [0, 0.1) is 0 Å². The maximum absolute atomic E-state index is 10.9. The fourth-order valence-corrected chi connectivity index (χ4v) is 1.57. The van der Waals surface area contributed by atoms with Gasteiger partial charge in [-0.1, -0.05) is 12.1 Å². The molecule has 1 aromatic carbocycles. The van der Waals surface area contributed by atoms with Crippen LogP contribution in [-0.2, 0) is 15.0 Å². The molecule has 0 spiro atoms. The summed E-state index contributed by atoms with van der Waals surface area (Å²) in [7, 11) is -3.86. The number of carbonyl (C=O) groups is 1. The Kier molecular flexibility index (Phi) is 4.30. The molecule has 0 fully saturated rings. The molecule has 0 saturated carbocycles. The van der Waals surface area contributed by atoms with Gasteiger partial charge in [0.25, 0.3) is 10.2 Å². The summed E-state index contributed by atoms with van der Waals surface area (Å²) in [6.45, 7) is 0.0681. The van der Waals surface area contributed by atoms with Crippen LogP contribution in [0.3, 0.4) is 0 Å². The highest BCUT2D eigenvalue weighted by molar-refractivity contribution is 7.90. The summed E-state index contributed by atoms with van der Waals surface area (Å²) >= 11 is 0. The monoisotopic (exact) mass is 259 g/mol. The maximum Gasteiger partial charge on any atom is 0.296 e. The summed E-state index contributed by atoms with van der Waals surface area (Å²) in [5.74, 6) is -0.218. The van der Waals surface area contributed by atoms with Gasteiger partial charge in [0, 0.05) is 0 Å². The fraction of sp³-hybridized carbons (Fsp3) is 0.222. The second-order valence-electron chi connectivity index (χ2n) is 3.21. The lowest BCUT2D eigenvalue weighted by molar-refractivity contribution is -0.118. The van der Waals surface area contributed by atoms with Gasteiger partial charge < -0.3 is 10.5 Å². The Balaban J connectivity index is 2.74. The predicted molar refractivity (Wildman–Crippen MR) is 62.5 cm³/mol. The Hall–Kier alpha value is -1.80. The smallest absolute Gasteiger partial charge is 0.296 e. The number of amides is 1. The van der Waals surface area contributed by atoms with E-state index in [-0.39, 0.29) is 24.5 Å². The molecule has 1 amide bonds. The molecule has 5 N–H and O–H groups in total. The molecule has 0 aromatic heterocycles. The summed E-state index contributed by atoms with van der Waals surface area (Å²) < 4.78 is 29.1. The zero-order chi connectivity index (χ0) is 12.9. The molecule has 0 aliphatic rings. The van der Waals surface area contributed by atoms with Crippen molar-refractivity contribution in [2.24, 2.45) is 10.9 Å². The van der Waals surface area contributed by atoms with E-state index in [0.717, 1.165) is 0 Å². The zero-order valence-electron chi connectivity index (χ0n) is 8.92. The summed E-state index contributed by atoms with van der Waals surface area (Å²) in [6, 6.07) is 6.32. The first kappa shape index (κ1) is 13.3. The lowest BCUT2D eigenvalue weighted by atomic mass is 10.3. The molecule has 7 nitrogen and oxygen atoms in total. The minimum absolute atomic E-state index is 0.0453. The van der Waals surface area contributed by atoms with Gasteiger partial charge in [0.15, 0.2) is 0 Å². The van der Waals surface area contributed by atoms with E-state index in [1.165, 1.54) is 6.07 Å². The van der Waals surface area contributed by atoms with Gasteiger partial charge in [-0.2, -0.15) is 8.42 Å². The third kappa shape index (κ3) is 5.18. The number of ether oxygens (including phenoxy) is 1. The molecule has 0 bridgehead atoms. The molecule has 0 radical (unpaired) electrons. The van der Waals surface area contributed by atoms with Gasteiger partial charge in [-0.15, -0.1) is 0 Å². The lowest BCUT2D eigenvalue weighted by Crippen LogP contribution is -2.22. The van der Waals surface area contributed by atoms with Crippen molar-refractivity contribution < 1.29 is 17.9 Å². The van der Waals surface area contributed by atoms with E-state index < -0.39 is 16.1 Å². The molecule has 0 aliphatic carbocycles. The molecule has 0 heterocycles. The lowest BCUT2D eigenvalue weighted by Gasteiger charge is -2.11. The van der Waals surface area contributed by atoms with Crippen molar-refractivity contribution in [1.29, 1.82) is 0 Å². The third-order valence-corrected chi connectivity index (χ3v) is 2.25. The van der Waals surface area contributed by atoms with Crippen LogP contribution in [0.15, 0.2) is 24.3 Å². The van der Waals surface area contributed by atoms with E-state index in [0.29, 0.717) is 0 Å². The SMILES string of the molecule is NC(=O)CCOc1ccccc1NS(N)(=O)=O. The molecule has 1 rings (SSSR count). The van der Waals surface area contributed by atoms with Crippen LogP contribution in [0.4, 0.5) is 5.69 Å². The first-order valence-corrected chi connectivity index (χ1v) is 6.24. The van der Waals surface area contributed by atoms with E-state index >= 15 is 0 Å². The number of carbonyl (C=O) groups excluding carboxylic acids is 1. The van der Waals surface area contributed by atoms with E-state index in [1.807, 2.05) is 0 Å². The van der Waals surface area contributed by atoms with E-state index in [2.05, 4.69) is 4.72 Å². The minimum atomic E-state index is -3.86. The number of benzene rings is 1. The quantitative estimate of drug-likeness (QED) is 0.640. The maximum atomic E-state index is 10.9. The topological polar surface area (TPSA) is 125 Å². The molecular formula is C9H13N3O4S. The molecule has 94 valence electrons. The van der Waals surface area contributed by atoms with Crippen LogP contribution in [0.1, 0.15) is 6.42 Å². The molecular weight excluding hydrogens is 246 g/mol. The molecule has 0 aliphatic heterocycles. The molecule has 1 aromatic rings. The summed E-state index contributed by atoms with van der Waals surface area (Å²) in [4.78, 5) is 10.5. The van der Waals surface area contributed by atoms with Crippen molar-refractivity contribution in [3.63, 3.8) is 0 Å². The van der Waals surface area contributed by atoms with Gasteiger partial charge in [0.2, 0.25) is 5.91 Å². The van der Waals surface area contributed by atoms with Crippen LogP contribution in [0.5, 0.6) is 5.75 Å². The van der Waals surface area contributed by atoms with Crippen LogP contribution in [-0.4, -0.2) is 20.9 Å². The van der Waals surface area contributed by atoms with Crippen molar-refractivity contribution in [3.8, 4) is 5.75 Å². The third-order valence-electron chi connectivity index (χ3n) is 1.75. The van der Waals surface area contributed by atoms with Gasteiger partial charge in [-0.3, -0.25) is 9.52 Å². The number of rotatable bonds is 6. The Morgan fingerprint density at radius 2 is 2.00 bits per heavy atom. The van der Waals surface area contributed by atoms with Gasteiger partial charge in [-0.25, -0.2) is 5.14 Å². The van der Waals surface area contributed by atoms with Crippen molar-refractivity contribution in [2.75, 3.05) is 11.3 Å². The molecule has 0 saturated heterocycles. The minimum Gasteiger partial charge on any atom is -0.491 e. The number of hydrogen-bond acceptors (Lipinski definition) is 4. The number of para-hydroxylation sites is 2. The molecule has 0 unspecified atom stereocenters. The standard InChI is InChI=1S/C9H13N3O4S/c10-9(13)5-6-16-8-4-2-1-3-7(8)12-17(11,14)15/h1-4,12H,5-6H2,(H2,10,13)(H2,11,14,15). The Labute approximate surface area is 98.9 Å². The highest BCUT2D eigenvalue weighted by Gasteiger charge is 2.08. The van der Waals surface area contributed by atoms with Crippen LogP contribution in [0.25, 0.3) is 0 Å². The predicted octanol–water partition coefficient (Wildman–Crippen LogP) is -0.444. The van der Waals surface area contributed by atoms with Gasteiger partial charge in [0.1, 0.15) is 5.75 Å². The molecule has 8 heteroatoms. The summed E-state index contributed by atoms with van der Waals surface area (Å²) in [5, 5.41) is 4.84. The number of nitrogens with two attached hydrogens (primary N) is 2. The van der Waals surface area contributed by atoms with E-state index in [9.17, 15) is 13.2 Å². The highest BCUT2D eigenvalue weighted by Crippen LogP contribution is 2.24. The van der Waals surface area contributed by atoms with Crippen molar-refractivity contribution in [2.45, 2.75) is 6.42 Å². The number of hydrogen-bond donors (Lipinski definition) is 3. The highest BCUT2D eigenvalue weighted by atomic mass is 32.2. The normalized spacial score (nSPS) is 10.9. The van der Waals surface area contributed by atoms with Crippen molar-refractivity contribution in [3.05, 3.63) is 24.3 Å². The zero-order valence-corrected chi connectivity index (χ0v) is 9.74. The van der Waals surface area contributed by atoms with Crippen molar-refractivity contribution in [1.82, 2.24) is 0 Å². The van der Waals surface area contributed by atoms with E-state index in [1.54, 1.807) is 18.2 Å². The second kappa shape index (κ2) is 5.51. The van der Waals surface area contributed by atoms with E-state index in [4.69, 9.17) is 15.6 Å². The van der Waals surface area contributed by atoms with Gasteiger partial charge in [0.05, 0.1) is 18.7 Å². The first-order valence-electron chi connectivity index (χ1n) is 4.69. The fourth-order valence-electron chi connectivity index (χ4n) is 1.09. The number of nitrogens with one attached hydrogen (secondary N) is 1. The van der Waals surface area contributed by atoms with Gasteiger partial charge >= 0.3 is 0 Å². The molecule has 0 atom stereocenters. The van der Waals surface area contributed by atoms with Crippen LogP contribution < -0.4 is 20.3 Å².